The Bertz CT molecular complexity index is 1560. The fourth-order valence-corrected chi connectivity index (χ4v) is 4.22. The minimum absolute atomic E-state index is 0.325. The Morgan fingerprint density at radius 2 is 2.03 bits per heavy atom. The zero-order valence-corrected chi connectivity index (χ0v) is 18.8. The summed E-state index contributed by atoms with van der Waals surface area (Å²) in [5, 5.41) is 23.1. The van der Waals surface area contributed by atoms with E-state index in [1.54, 1.807) is 53.2 Å². The van der Waals surface area contributed by atoms with Gasteiger partial charge in [0, 0.05) is 68.2 Å². The van der Waals surface area contributed by atoms with Gasteiger partial charge in [0.15, 0.2) is 11.4 Å². The highest BCUT2D eigenvalue weighted by Gasteiger charge is 2.45. The van der Waals surface area contributed by atoms with E-state index in [4.69, 9.17) is 0 Å². The lowest BCUT2D eigenvalue weighted by Gasteiger charge is -2.21. The molecule has 0 aliphatic carbocycles. The lowest BCUT2D eigenvalue weighted by atomic mass is 9.92. The third-order valence-corrected chi connectivity index (χ3v) is 6.16. The SMILES string of the molecule is CN1CCC(O)(c2cncc(-c3ccn(-c4ccnc(Nc5cnn6ccccc56)n4)n3)c2)C1=O. The molecule has 0 radical (unpaired) electrons. The first-order valence-corrected chi connectivity index (χ1v) is 11.0. The molecule has 174 valence electrons. The quantitative estimate of drug-likeness (QED) is 0.403. The number of nitrogens with zero attached hydrogens (tertiary/aromatic N) is 8. The summed E-state index contributed by atoms with van der Waals surface area (Å²) >= 11 is 0. The maximum absolute atomic E-state index is 12.5. The van der Waals surface area contributed by atoms with Crippen molar-refractivity contribution in [2.45, 2.75) is 12.0 Å². The molecule has 1 aliphatic rings. The fraction of sp³-hybridized carbons (Fsp3) is 0.167. The summed E-state index contributed by atoms with van der Waals surface area (Å²) in [4.78, 5) is 27.1. The maximum Gasteiger partial charge on any atom is 0.259 e. The van der Waals surface area contributed by atoms with Crippen molar-refractivity contribution in [2.75, 3.05) is 18.9 Å². The van der Waals surface area contributed by atoms with Gasteiger partial charge in [0.05, 0.1) is 23.1 Å². The number of rotatable bonds is 5. The topological polar surface area (TPSA) is 126 Å². The van der Waals surface area contributed by atoms with E-state index in [0.29, 0.717) is 41.6 Å². The minimum atomic E-state index is -1.56. The molecular formula is C24H21N9O2. The number of fused-ring (bicyclic) bond motifs is 1. The van der Waals surface area contributed by atoms with E-state index >= 15 is 0 Å². The van der Waals surface area contributed by atoms with Crippen LogP contribution in [0.15, 0.2) is 73.6 Å². The van der Waals surface area contributed by atoms with Gasteiger partial charge in [-0.2, -0.15) is 15.2 Å². The second-order valence-electron chi connectivity index (χ2n) is 8.40. The third kappa shape index (κ3) is 3.58. The van der Waals surface area contributed by atoms with Gasteiger partial charge in [0.25, 0.3) is 5.91 Å². The third-order valence-electron chi connectivity index (χ3n) is 6.16. The molecule has 1 saturated heterocycles. The summed E-state index contributed by atoms with van der Waals surface area (Å²) < 4.78 is 3.40. The highest BCUT2D eigenvalue weighted by atomic mass is 16.3. The van der Waals surface area contributed by atoms with Crippen molar-refractivity contribution in [3.63, 3.8) is 0 Å². The molecule has 11 heteroatoms. The maximum atomic E-state index is 12.5. The van der Waals surface area contributed by atoms with Crippen molar-refractivity contribution in [1.82, 2.24) is 39.2 Å². The van der Waals surface area contributed by atoms with E-state index in [2.05, 4.69) is 30.5 Å². The van der Waals surface area contributed by atoms with Crippen molar-refractivity contribution in [1.29, 1.82) is 0 Å². The van der Waals surface area contributed by atoms with Crippen LogP contribution in [0.5, 0.6) is 0 Å². The molecule has 1 amide bonds. The largest absolute Gasteiger partial charge is 0.375 e. The predicted molar refractivity (Wildman–Crippen MR) is 127 cm³/mol. The summed E-state index contributed by atoms with van der Waals surface area (Å²) in [5.41, 5.74) is 1.92. The number of pyridine rings is 2. The van der Waals surface area contributed by atoms with Gasteiger partial charge in [-0.05, 0) is 24.3 Å². The molecule has 0 bridgehead atoms. The number of likely N-dealkylation sites (N-methyl/N-ethyl adjacent to an activating group) is 1. The van der Waals surface area contributed by atoms with E-state index < -0.39 is 5.60 Å². The lowest BCUT2D eigenvalue weighted by Crippen LogP contribution is -2.36. The second kappa shape index (κ2) is 7.99. The van der Waals surface area contributed by atoms with E-state index in [9.17, 15) is 9.90 Å². The van der Waals surface area contributed by atoms with Crippen LogP contribution in [0.2, 0.25) is 0 Å². The van der Waals surface area contributed by atoms with E-state index in [1.165, 1.54) is 11.1 Å². The van der Waals surface area contributed by atoms with Crippen molar-refractivity contribution < 1.29 is 9.90 Å². The molecule has 2 N–H and O–H groups in total. The molecule has 6 heterocycles. The van der Waals surface area contributed by atoms with Crippen LogP contribution in [-0.2, 0) is 10.4 Å². The summed E-state index contributed by atoms with van der Waals surface area (Å²) in [6, 6.07) is 11.1. The highest BCUT2D eigenvalue weighted by Crippen LogP contribution is 2.34. The first-order chi connectivity index (χ1) is 17.0. The number of hydrogen-bond donors (Lipinski definition) is 2. The van der Waals surface area contributed by atoms with Crippen LogP contribution in [0.3, 0.4) is 0 Å². The lowest BCUT2D eigenvalue weighted by molar-refractivity contribution is -0.143. The Hall–Kier alpha value is -4.64. The molecule has 5 aromatic rings. The van der Waals surface area contributed by atoms with Crippen molar-refractivity contribution >= 4 is 23.1 Å². The monoisotopic (exact) mass is 467 g/mol. The number of nitrogens with one attached hydrogen (secondary N) is 1. The Morgan fingerprint density at radius 1 is 1.11 bits per heavy atom. The van der Waals surface area contributed by atoms with Crippen molar-refractivity contribution in [3.05, 3.63) is 79.1 Å². The van der Waals surface area contributed by atoms with Gasteiger partial charge in [-0.3, -0.25) is 9.78 Å². The zero-order valence-electron chi connectivity index (χ0n) is 18.8. The van der Waals surface area contributed by atoms with Crippen LogP contribution >= 0.6 is 0 Å². The average molecular weight is 467 g/mol. The average Bonchev–Trinajstić information content (AvgIpc) is 3.61. The van der Waals surface area contributed by atoms with Crippen LogP contribution in [-0.4, -0.2) is 63.9 Å². The molecule has 0 aromatic carbocycles. The predicted octanol–water partition coefficient (Wildman–Crippen LogP) is 2.17. The fourth-order valence-electron chi connectivity index (χ4n) is 4.22. The number of anilines is 2. The van der Waals surface area contributed by atoms with Crippen molar-refractivity contribution in [2.24, 2.45) is 0 Å². The number of aromatic nitrogens is 7. The van der Waals surface area contributed by atoms with Gasteiger partial charge in [0.1, 0.15) is 0 Å². The number of carbonyl (C=O) groups excluding carboxylic acids is 1. The molecule has 11 nitrogen and oxygen atoms in total. The summed E-state index contributed by atoms with van der Waals surface area (Å²) in [5.74, 6) is 0.655. The van der Waals surface area contributed by atoms with Crippen molar-refractivity contribution in [3.8, 4) is 17.1 Å². The molecule has 1 atom stereocenters. The van der Waals surface area contributed by atoms with E-state index in [-0.39, 0.29) is 5.91 Å². The van der Waals surface area contributed by atoms with Crippen LogP contribution < -0.4 is 5.32 Å². The Kier molecular flexibility index (Phi) is 4.78. The Balaban J connectivity index is 1.27. The summed E-state index contributed by atoms with van der Waals surface area (Å²) in [7, 11) is 1.68. The highest BCUT2D eigenvalue weighted by molar-refractivity contribution is 5.88. The summed E-state index contributed by atoms with van der Waals surface area (Å²) in [6.07, 6.45) is 10.5. The first kappa shape index (κ1) is 20.9. The number of likely N-dealkylation sites (tertiary alicyclic amines) is 1. The Labute approximate surface area is 199 Å². The van der Waals surface area contributed by atoms with E-state index in [1.807, 2.05) is 30.5 Å². The molecule has 1 unspecified atom stereocenters. The summed E-state index contributed by atoms with van der Waals surface area (Å²) in [6.45, 7) is 0.494. The second-order valence-corrected chi connectivity index (χ2v) is 8.40. The molecule has 1 fully saturated rings. The molecule has 5 aromatic heterocycles. The van der Waals surface area contributed by atoms with Crippen LogP contribution in [0.4, 0.5) is 11.6 Å². The van der Waals surface area contributed by atoms with Gasteiger partial charge >= 0.3 is 0 Å². The van der Waals surface area contributed by atoms with Crippen LogP contribution in [0.25, 0.3) is 22.6 Å². The Morgan fingerprint density at radius 3 is 2.89 bits per heavy atom. The van der Waals surface area contributed by atoms with Gasteiger partial charge in [-0.1, -0.05) is 6.07 Å². The molecule has 6 rings (SSSR count). The first-order valence-electron chi connectivity index (χ1n) is 11.0. The molecule has 0 saturated carbocycles. The zero-order chi connectivity index (χ0) is 24.0. The number of carbonyl (C=O) groups is 1. The molecule has 35 heavy (non-hydrogen) atoms. The van der Waals surface area contributed by atoms with Crippen LogP contribution in [0.1, 0.15) is 12.0 Å². The number of aliphatic hydroxyl groups is 1. The number of hydrogen-bond acceptors (Lipinski definition) is 8. The molecule has 1 aliphatic heterocycles. The standard InChI is InChI=1S/C24H21N9O2/c1-31-11-7-24(35,22(31)34)17-12-16(13-25-14-17)18-6-10-33(30-18)21-5-8-26-23(29-21)28-19-15-27-32-9-3-2-4-20(19)32/h2-6,8-10,12-15,35H,7,11H2,1H3,(H,26,28,29). The van der Waals surface area contributed by atoms with Gasteiger partial charge in [0.2, 0.25) is 5.95 Å². The molecular weight excluding hydrogens is 446 g/mol. The van der Waals surface area contributed by atoms with Gasteiger partial charge in [-0.25, -0.2) is 14.2 Å². The number of amides is 1. The van der Waals surface area contributed by atoms with Gasteiger partial charge in [-0.15, -0.1) is 0 Å². The smallest absolute Gasteiger partial charge is 0.259 e. The van der Waals surface area contributed by atoms with E-state index in [0.717, 1.165) is 11.2 Å². The van der Waals surface area contributed by atoms with Gasteiger partial charge < -0.3 is 15.3 Å². The minimum Gasteiger partial charge on any atom is -0.375 e. The van der Waals surface area contributed by atoms with Crippen LogP contribution in [0, 0.1) is 0 Å². The molecule has 0 spiro atoms. The normalized spacial score (nSPS) is 17.9.